The van der Waals surface area contributed by atoms with E-state index in [2.05, 4.69) is 5.32 Å². The standard InChI is InChI=1S/C21H21N3O4/c1-12-17(20(25)28-4)18(13-8-7-11-16(26-2)19(13)27-3)24-15-10-6-5-9-14(15)23-21(24)22-12/h5-11,18H,1-4H3,(H,22,23)/t18-/m1/s1. The fraction of sp³-hybridized carbons (Fsp3) is 0.238. The van der Waals surface area contributed by atoms with Crippen molar-refractivity contribution in [1.29, 1.82) is 0 Å². The molecule has 0 saturated heterocycles. The molecule has 0 radical (unpaired) electrons. The van der Waals surface area contributed by atoms with Gasteiger partial charge in [-0.3, -0.25) is 4.57 Å². The van der Waals surface area contributed by atoms with Gasteiger partial charge in [0.2, 0.25) is 5.95 Å². The highest BCUT2D eigenvalue weighted by Crippen LogP contribution is 2.45. The molecule has 0 amide bonds. The Bertz CT molecular complexity index is 1100. The van der Waals surface area contributed by atoms with E-state index in [-0.39, 0.29) is 0 Å². The third-order valence-corrected chi connectivity index (χ3v) is 4.96. The van der Waals surface area contributed by atoms with E-state index >= 15 is 0 Å². The first-order valence-corrected chi connectivity index (χ1v) is 8.84. The van der Waals surface area contributed by atoms with Gasteiger partial charge in [0.1, 0.15) is 0 Å². The van der Waals surface area contributed by atoms with E-state index in [0.29, 0.717) is 28.7 Å². The molecule has 0 fully saturated rings. The van der Waals surface area contributed by atoms with Crippen molar-refractivity contribution in [3.05, 3.63) is 59.3 Å². The van der Waals surface area contributed by atoms with Crippen LogP contribution in [-0.2, 0) is 9.53 Å². The van der Waals surface area contributed by atoms with Crippen molar-refractivity contribution in [2.45, 2.75) is 13.0 Å². The van der Waals surface area contributed by atoms with Crippen LogP contribution in [0.4, 0.5) is 5.95 Å². The molecule has 2 heterocycles. The van der Waals surface area contributed by atoms with Crippen molar-refractivity contribution in [3.63, 3.8) is 0 Å². The molecular weight excluding hydrogens is 358 g/mol. The van der Waals surface area contributed by atoms with Gasteiger partial charge in [-0.15, -0.1) is 0 Å². The molecule has 1 aromatic heterocycles. The number of rotatable bonds is 4. The zero-order valence-electron chi connectivity index (χ0n) is 16.1. The molecular formula is C21H21N3O4. The SMILES string of the molecule is COC(=O)C1=C(C)Nc2nc3ccccc3n2[C@@H]1c1cccc(OC)c1OC. The van der Waals surface area contributed by atoms with Crippen LogP contribution in [0.5, 0.6) is 11.5 Å². The molecule has 1 N–H and O–H groups in total. The van der Waals surface area contributed by atoms with Gasteiger partial charge in [0.05, 0.1) is 44.0 Å². The molecule has 4 rings (SSSR count). The van der Waals surface area contributed by atoms with Crippen LogP contribution in [0.1, 0.15) is 18.5 Å². The largest absolute Gasteiger partial charge is 0.493 e. The van der Waals surface area contributed by atoms with Crippen LogP contribution in [-0.4, -0.2) is 36.8 Å². The van der Waals surface area contributed by atoms with Gasteiger partial charge in [0.15, 0.2) is 11.5 Å². The average Bonchev–Trinajstić information content (AvgIpc) is 3.09. The number of hydrogen-bond acceptors (Lipinski definition) is 6. The first kappa shape index (κ1) is 17.9. The number of aromatic nitrogens is 2. The predicted octanol–water partition coefficient (Wildman–Crippen LogP) is 3.52. The van der Waals surface area contributed by atoms with Crippen molar-refractivity contribution < 1.29 is 19.0 Å². The number of imidazole rings is 1. The topological polar surface area (TPSA) is 74.6 Å². The molecule has 7 heteroatoms. The van der Waals surface area contributed by atoms with Gasteiger partial charge in [-0.05, 0) is 25.1 Å². The second kappa shape index (κ2) is 6.92. The Kier molecular flexibility index (Phi) is 4.43. The number of anilines is 1. The van der Waals surface area contributed by atoms with Crippen LogP contribution in [0.15, 0.2) is 53.7 Å². The number of carbonyl (C=O) groups excluding carboxylic acids is 1. The molecule has 2 aromatic carbocycles. The first-order valence-electron chi connectivity index (χ1n) is 8.84. The summed E-state index contributed by atoms with van der Waals surface area (Å²) in [5, 5.41) is 3.24. The van der Waals surface area contributed by atoms with Gasteiger partial charge in [0.25, 0.3) is 0 Å². The van der Waals surface area contributed by atoms with Gasteiger partial charge in [-0.2, -0.15) is 0 Å². The van der Waals surface area contributed by atoms with Crippen molar-refractivity contribution in [2.75, 3.05) is 26.6 Å². The second-order valence-electron chi connectivity index (χ2n) is 6.43. The number of benzene rings is 2. The van der Waals surface area contributed by atoms with E-state index in [1.165, 1.54) is 7.11 Å². The van der Waals surface area contributed by atoms with E-state index in [1.54, 1.807) is 14.2 Å². The van der Waals surface area contributed by atoms with Crippen molar-refractivity contribution in [2.24, 2.45) is 0 Å². The molecule has 1 atom stereocenters. The fourth-order valence-electron chi connectivity index (χ4n) is 3.76. The summed E-state index contributed by atoms with van der Waals surface area (Å²) >= 11 is 0. The summed E-state index contributed by atoms with van der Waals surface area (Å²) in [6.07, 6.45) is 0. The van der Waals surface area contributed by atoms with Gasteiger partial charge >= 0.3 is 5.97 Å². The Morgan fingerprint density at radius 2 is 1.86 bits per heavy atom. The maximum absolute atomic E-state index is 12.8. The van der Waals surface area contributed by atoms with E-state index in [4.69, 9.17) is 19.2 Å². The summed E-state index contributed by atoms with van der Waals surface area (Å²) in [5.74, 6) is 1.39. The molecule has 0 spiro atoms. The molecule has 144 valence electrons. The molecule has 3 aromatic rings. The Morgan fingerprint density at radius 1 is 1.07 bits per heavy atom. The van der Waals surface area contributed by atoms with Crippen LogP contribution < -0.4 is 14.8 Å². The molecule has 7 nitrogen and oxygen atoms in total. The zero-order valence-corrected chi connectivity index (χ0v) is 16.1. The minimum absolute atomic E-state index is 0.414. The smallest absolute Gasteiger partial charge is 0.337 e. The zero-order chi connectivity index (χ0) is 19.8. The second-order valence-corrected chi connectivity index (χ2v) is 6.43. The number of nitrogens with one attached hydrogen (secondary N) is 1. The fourth-order valence-corrected chi connectivity index (χ4v) is 3.76. The number of carbonyl (C=O) groups is 1. The molecule has 0 aliphatic carbocycles. The Balaban J connectivity index is 2.06. The van der Waals surface area contributed by atoms with Crippen LogP contribution in [0.3, 0.4) is 0 Å². The summed E-state index contributed by atoms with van der Waals surface area (Å²) in [7, 11) is 4.55. The first-order chi connectivity index (χ1) is 13.6. The minimum atomic E-state index is -0.485. The normalized spacial score (nSPS) is 15.8. The number of esters is 1. The van der Waals surface area contributed by atoms with Crippen molar-refractivity contribution >= 4 is 23.0 Å². The number of fused-ring (bicyclic) bond motifs is 3. The van der Waals surface area contributed by atoms with Crippen LogP contribution in [0.2, 0.25) is 0 Å². The van der Waals surface area contributed by atoms with Gasteiger partial charge < -0.3 is 19.5 Å². The highest BCUT2D eigenvalue weighted by Gasteiger charge is 2.36. The van der Waals surface area contributed by atoms with Crippen molar-refractivity contribution in [1.82, 2.24) is 9.55 Å². The monoisotopic (exact) mass is 379 g/mol. The summed E-state index contributed by atoms with van der Waals surface area (Å²) in [6.45, 7) is 1.84. The molecule has 28 heavy (non-hydrogen) atoms. The summed E-state index contributed by atoms with van der Waals surface area (Å²) in [5.41, 5.74) is 3.69. The van der Waals surface area contributed by atoms with E-state index in [1.807, 2.05) is 54.0 Å². The van der Waals surface area contributed by atoms with Gasteiger partial charge in [-0.25, -0.2) is 9.78 Å². The molecule has 0 unspecified atom stereocenters. The Hall–Kier alpha value is -3.48. The lowest BCUT2D eigenvalue weighted by Gasteiger charge is -2.31. The van der Waals surface area contributed by atoms with Crippen molar-refractivity contribution in [3.8, 4) is 11.5 Å². The van der Waals surface area contributed by atoms with Crippen LogP contribution in [0, 0.1) is 0 Å². The number of allylic oxidation sites excluding steroid dienone is 1. The molecule has 1 aliphatic heterocycles. The minimum Gasteiger partial charge on any atom is -0.493 e. The molecule has 0 bridgehead atoms. The molecule has 1 aliphatic rings. The summed E-state index contributed by atoms with van der Waals surface area (Å²) < 4.78 is 18.2. The lowest BCUT2D eigenvalue weighted by Crippen LogP contribution is -2.28. The van der Waals surface area contributed by atoms with Gasteiger partial charge in [0, 0.05) is 11.3 Å². The van der Waals surface area contributed by atoms with Crippen LogP contribution >= 0.6 is 0 Å². The third-order valence-electron chi connectivity index (χ3n) is 4.96. The highest BCUT2D eigenvalue weighted by atomic mass is 16.5. The van der Waals surface area contributed by atoms with E-state index < -0.39 is 12.0 Å². The number of methoxy groups -OCH3 is 3. The number of ether oxygens (including phenoxy) is 3. The Morgan fingerprint density at radius 3 is 2.57 bits per heavy atom. The Labute approximate surface area is 162 Å². The quantitative estimate of drug-likeness (QED) is 0.699. The average molecular weight is 379 g/mol. The number of para-hydroxylation sites is 3. The maximum atomic E-state index is 12.8. The third kappa shape index (κ3) is 2.58. The lowest BCUT2D eigenvalue weighted by molar-refractivity contribution is -0.136. The highest BCUT2D eigenvalue weighted by molar-refractivity contribution is 5.94. The predicted molar refractivity (Wildman–Crippen MR) is 106 cm³/mol. The number of nitrogens with zero attached hydrogens (tertiary/aromatic N) is 2. The molecule has 0 saturated carbocycles. The lowest BCUT2D eigenvalue weighted by atomic mass is 9.94. The van der Waals surface area contributed by atoms with E-state index in [0.717, 1.165) is 16.6 Å². The van der Waals surface area contributed by atoms with E-state index in [9.17, 15) is 4.79 Å². The van der Waals surface area contributed by atoms with Gasteiger partial charge in [-0.1, -0.05) is 24.3 Å². The summed E-state index contributed by atoms with van der Waals surface area (Å²) in [6, 6.07) is 12.9. The summed E-state index contributed by atoms with van der Waals surface area (Å²) in [4.78, 5) is 17.4. The maximum Gasteiger partial charge on any atom is 0.337 e. The van der Waals surface area contributed by atoms with Crippen LogP contribution in [0.25, 0.3) is 11.0 Å². The number of hydrogen-bond donors (Lipinski definition) is 1.